The lowest BCUT2D eigenvalue weighted by Gasteiger charge is -2.55. The van der Waals surface area contributed by atoms with Crippen molar-refractivity contribution in [1.29, 1.82) is 0 Å². The predicted octanol–water partition coefficient (Wildman–Crippen LogP) is 0.735. The van der Waals surface area contributed by atoms with Gasteiger partial charge in [0.25, 0.3) is 5.69 Å². The van der Waals surface area contributed by atoms with E-state index in [9.17, 15) is 24.5 Å². The minimum absolute atomic E-state index is 0.00517. The Kier molecular flexibility index (Phi) is 3.81. The number of amides is 2. The molecule has 27 heavy (non-hydrogen) atoms. The molecule has 3 aliphatic heterocycles. The third kappa shape index (κ3) is 2.45. The second-order valence-electron chi connectivity index (χ2n) is 7.44. The second kappa shape index (κ2) is 5.85. The Balaban J connectivity index is 1.92. The summed E-state index contributed by atoms with van der Waals surface area (Å²) >= 11 is 0. The Morgan fingerprint density at radius 1 is 1.30 bits per heavy atom. The molecule has 1 unspecified atom stereocenters. The van der Waals surface area contributed by atoms with Crippen LogP contribution in [0.2, 0.25) is 0 Å². The molecule has 1 spiro atoms. The monoisotopic (exact) mass is 373 g/mol. The molecule has 1 aromatic rings. The number of morpholine rings is 1. The number of ketones is 1. The molecule has 4 atom stereocenters. The number of hydrogen-bond donors (Lipinski definition) is 1. The Bertz CT molecular complexity index is 862. The SMILES string of the molecule is C[C@@H]1CN2c3ccc([N+](=O)[O-])cc3CC3(C(=O)CC(=O)NC3=O)[C@@H]2[C@@H](C)O1. The van der Waals surface area contributed by atoms with Crippen molar-refractivity contribution in [2.24, 2.45) is 5.41 Å². The number of rotatable bonds is 1. The van der Waals surface area contributed by atoms with Crippen LogP contribution in [-0.2, 0) is 25.5 Å². The maximum absolute atomic E-state index is 13.0. The van der Waals surface area contributed by atoms with Crippen LogP contribution in [0.1, 0.15) is 25.8 Å². The molecule has 3 heterocycles. The minimum Gasteiger partial charge on any atom is -0.372 e. The number of Topliss-reactive ketones (excluding diaryl/α,β-unsaturated/α-hetero) is 1. The van der Waals surface area contributed by atoms with Crippen molar-refractivity contribution in [2.75, 3.05) is 11.4 Å². The van der Waals surface area contributed by atoms with E-state index in [1.54, 1.807) is 6.07 Å². The van der Waals surface area contributed by atoms with E-state index >= 15 is 0 Å². The van der Waals surface area contributed by atoms with Gasteiger partial charge in [-0.15, -0.1) is 0 Å². The molecule has 4 rings (SSSR count). The summed E-state index contributed by atoms with van der Waals surface area (Å²) in [6.45, 7) is 4.14. The zero-order chi connectivity index (χ0) is 19.5. The summed E-state index contributed by atoms with van der Waals surface area (Å²) in [5.41, 5.74) is -0.290. The number of carbonyl (C=O) groups is 3. The highest BCUT2D eigenvalue weighted by molar-refractivity contribution is 6.22. The average Bonchev–Trinajstić information content (AvgIpc) is 2.58. The van der Waals surface area contributed by atoms with Crippen LogP contribution in [0.5, 0.6) is 0 Å². The van der Waals surface area contributed by atoms with Gasteiger partial charge in [-0.05, 0) is 31.9 Å². The van der Waals surface area contributed by atoms with Crippen LogP contribution in [0, 0.1) is 15.5 Å². The summed E-state index contributed by atoms with van der Waals surface area (Å²) in [4.78, 5) is 50.3. The lowest BCUT2D eigenvalue weighted by molar-refractivity contribution is -0.384. The van der Waals surface area contributed by atoms with Crippen molar-refractivity contribution >= 4 is 29.0 Å². The largest absolute Gasteiger partial charge is 0.372 e. The number of nitro groups is 1. The number of non-ortho nitro benzene ring substituents is 1. The Hall–Kier alpha value is -2.81. The summed E-state index contributed by atoms with van der Waals surface area (Å²) in [5, 5.41) is 13.5. The topological polar surface area (TPSA) is 119 Å². The summed E-state index contributed by atoms with van der Waals surface area (Å²) in [7, 11) is 0. The quantitative estimate of drug-likeness (QED) is 0.334. The van der Waals surface area contributed by atoms with Gasteiger partial charge in [-0.1, -0.05) is 0 Å². The van der Waals surface area contributed by atoms with E-state index < -0.39 is 40.1 Å². The first-order chi connectivity index (χ1) is 12.7. The summed E-state index contributed by atoms with van der Waals surface area (Å²) in [6.07, 6.45) is -0.953. The number of fused-ring (bicyclic) bond motifs is 4. The Morgan fingerprint density at radius 2 is 2.04 bits per heavy atom. The molecule has 9 heteroatoms. The van der Waals surface area contributed by atoms with Gasteiger partial charge in [-0.2, -0.15) is 0 Å². The van der Waals surface area contributed by atoms with Crippen molar-refractivity contribution in [3.63, 3.8) is 0 Å². The number of anilines is 1. The highest BCUT2D eigenvalue weighted by Crippen LogP contribution is 2.48. The van der Waals surface area contributed by atoms with Gasteiger partial charge in [0.05, 0.1) is 29.6 Å². The summed E-state index contributed by atoms with van der Waals surface area (Å²) in [6, 6.07) is 3.91. The molecule has 9 nitrogen and oxygen atoms in total. The Morgan fingerprint density at radius 3 is 2.70 bits per heavy atom. The van der Waals surface area contributed by atoms with Crippen LogP contribution in [0.15, 0.2) is 18.2 Å². The molecule has 2 fully saturated rings. The smallest absolute Gasteiger partial charge is 0.269 e. The average molecular weight is 373 g/mol. The molecule has 2 saturated heterocycles. The zero-order valence-corrected chi connectivity index (χ0v) is 14.9. The molecule has 2 amide bonds. The summed E-state index contributed by atoms with van der Waals surface area (Å²) < 4.78 is 5.92. The fourth-order valence-corrected chi connectivity index (χ4v) is 4.75. The van der Waals surface area contributed by atoms with E-state index in [4.69, 9.17) is 4.74 Å². The van der Waals surface area contributed by atoms with Crippen molar-refractivity contribution < 1.29 is 24.0 Å². The van der Waals surface area contributed by atoms with Crippen molar-refractivity contribution in [3.05, 3.63) is 33.9 Å². The molecule has 1 N–H and O–H groups in total. The number of nitrogens with zero attached hydrogens (tertiary/aromatic N) is 2. The number of hydrogen-bond acceptors (Lipinski definition) is 7. The highest BCUT2D eigenvalue weighted by Gasteiger charge is 2.62. The van der Waals surface area contributed by atoms with E-state index in [0.29, 0.717) is 12.1 Å². The van der Waals surface area contributed by atoms with Crippen LogP contribution in [0.3, 0.4) is 0 Å². The maximum atomic E-state index is 13.0. The standard InChI is InChI=1S/C18H19N3O6/c1-9-8-20-13-4-3-12(21(25)26)5-11(13)7-18(16(20)10(2)27-9)14(22)6-15(23)19-17(18)24/h3-5,9-10,16H,6-8H2,1-2H3,(H,19,23,24)/t9-,10-,16+,18?/m1/s1. The van der Waals surface area contributed by atoms with Gasteiger partial charge in [0.1, 0.15) is 5.41 Å². The van der Waals surface area contributed by atoms with Gasteiger partial charge in [-0.3, -0.25) is 29.8 Å². The summed E-state index contributed by atoms with van der Waals surface area (Å²) in [5.74, 6) is -1.74. The molecule has 1 aromatic carbocycles. The molecule has 0 aromatic heterocycles. The van der Waals surface area contributed by atoms with Crippen LogP contribution in [0.4, 0.5) is 11.4 Å². The number of nitro benzene ring substituents is 1. The van der Waals surface area contributed by atoms with E-state index in [-0.39, 0.29) is 24.6 Å². The highest BCUT2D eigenvalue weighted by atomic mass is 16.6. The molecule has 0 aliphatic carbocycles. The molecule has 0 saturated carbocycles. The molecular formula is C18H19N3O6. The fourth-order valence-electron chi connectivity index (χ4n) is 4.75. The van der Waals surface area contributed by atoms with Crippen molar-refractivity contribution in [3.8, 4) is 0 Å². The van der Waals surface area contributed by atoms with E-state index in [1.165, 1.54) is 12.1 Å². The predicted molar refractivity (Wildman–Crippen MR) is 93.2 cm³/mol. The molecule has 142 valence electrons. The van der Waals surface area contributed by atoms with Crippen LogP contribution >= 0.6 is 0 Å². The van der Waals surface area contributed by atoms with E-state index in [1.807, 2.05) is 18.7 Å². The number of carbonyl (C=O) groups excluding carboxylic acids is 3. The van der Waals surface area contributed by atoms with Crippen LogP contribution in [-0.4, -0.2) is 47.3 Å². The fraction of sp³-hybridized carbons (Fsp3) is 0.500. The van der Waals surface area contributed by atoms with Crippen molar-refractivity contribution in [2.45, 2.75) is 44.9 Å². The van der Waals surface area contributed by atoms with Crippen molar-refractivity contribution in [1.82, 2.24) is 5.32 Å². The lowest BCUT2D eigenvalue weighted by atomic mass is 9.63. The lowest BCUT2D eigenvalue weighted by Crippen LogP contribution is -2.72. The number of imide groups is 1. The maximum Gasteiger partial charge on any atom is 0.269 e. The number of benzene rings is 1. The zero-order valence-electron chi connectivity index (χ0n) is 14.9. The van der Waals surface area contributed by atoms with Gasteiger partial charge in [0.2, 0.25) is 11.8 Å². The van der Waals surface area contributed by atoms with Gasteiger partial charge in [0, 0.05) is 24.4 Å². The third-order valence-electron chi connectivity index (χ3n) is 5.72. The van der Waals surface area contributed by atoms with Crippen LogP contribution in [0.25, 0.3) is 0 Å². The molecule has 0 radical (unpaired) electrons. The van der Waals surface area contributed by atoms with Gasteiger partial charge >= 0.3 is 0 Å². The van der Waals surface area contributed by atoms with Gasteiger partial charge in [0.15, 0.2) is 5.78 Å². The molecular weight excluding hydrogens is 354 g/mol. The number of piperidine rings is 1. The first-order valence-corrected chi connectivity index (χ1v) is 8.81. The number of ether oxygens (including phenoxy) is 1. The third-order valence-corrected chi connectivity index (χ3v) is 5.72. The molecule has 3 aliphatic rings. The normalized spacial score (nSPS) is 32.7. The first-order valence-electron chi connectivity index (χ1n) is 8.81. The number of nitrogens with one attached hydrogen (secondary N) is 1. The Labute approximate surface area is 154 Å². The van der Waals surface area contributed by atoms with E-state index in [0.717, 1.165) is 5.69 Å². The minimum atomic E-state index is -1.50. The first kappa shape index (κ1) is 17.6. The van der Waals surface area contributed by atoms with E-state index in [2.05, 4.69) is 5.32 Å². The molecule has 0 bridgehead atoms. The van der Waals surface area contributed by atoms with Gasteiger partial charge in [-0.25, -0.2) is 0 Å². The second-order valence-corrected chi connectivity index (χ2v) is 7.44. The van der Waals surface area contributed by atoms with Crippen LogP contribution < -0.4 is 10.2 Å². The van der Waals surface area contributed by atoms with Gasteiger partial charge < -0.3 is 9.64 Å².